The van der Waals surface area contributed by atoms with Gasteiger partial charge in [-0.2, -0.15) is 0 Å². The Hall–Kier alpha value is -3.51. The van der Waals surface area contributed by atoms with Crippen LogP contribution in [0.3, 0.4) is 0 Å². The molecule has 0 aromatic heterocycles. The number of aliphatic hydroxyl groups is 1. The Bertz CT molecular complexity index is 1280. The predicted molar refractivity (Wildman–Crippen MR) is 152 cm³/mol. The molecule has 0 fully saturated rings. The molecule has 2 aromatic carbocycles. The lowest BCUT2D eigenvalue weighted by Crippen LogP contribution is -2.49. The zero-order chi connectivity index (χ0) is 29.6. The fraction of sp³-hybridized carbons (Fsp3) is 0.500. The van der Waals surface area contributed by atoms with Crippen LogP contribution in [0.15, 0.2) is 47.4 Å². The molecular formula is C28H40N4O7S. The smallest absolute Gasteiger partial charge is 0.317 e. The van der Waals surface area contributed by atoms with Crippen molar-refractivity contribution in [2.45, 2.75) is 57.2 Å². The van der Waals surface area contributed by atoms with Crippen LogP contribution in [0.4, 0.5) is 10.5 Å². The lowest BCUT2D eigenvalue weighted by molar-refractivity contribution is -0.134. The number of ether oxygens (including phenoxy) is 2. The molecule has 0 saturated heterocycles. The maximum Gasteiger partial charge on any atom is 0.317 e. The van der Waals surface area contributed by atoms with Gasteiger partial charge in [0.25, 0.3) is 10.0 Å². The van der Waals surface area contributed by atoms with Gasteiger partial charge < -0.3 is 29.7 Å². The van der Waals surface area contributed by atoms with E-state index in [-0.39, 0.29) is 54.1 Å². The fourth-order valence-corrected chi connectivity index (χ4v) is 5.44. The number of fused-ring (bicyclic) bond motifs is 1. The minimum Gasteiger partial charge on any atom is -0.497 e. The van der Waals surface area contributed by atoms with Crippen LogP contribution >= 0.6 is 0 Å². The van der Waals surface area contributed by atoms with Crippen LogP contribution in [0, 0.1) is 5.92 Å². The van der Waals surface area contributed by atoms with Gasteiger partial charge in [-0.25, -0.2) is 13.2 Å². The van der Waals surface area contributed by atoms with Crippen LogP contribution in [0.1, 0.15) is 33.3 Å². The molecule has 0 unspecified atom stereocenters. The number of methoxy groups -OCH3 is 1. The monoisotopic (exact) mass is 576 g/mol. The van der Waals surface area contributed by atoms with Crippen molar-refractivity contribution in [1.29, 1.82) is 0 Å². The van der Waals surface area contributed by atoms with Gasteiger partial charge in [-0.05, 0) is 63.2 Å². The maximum absolute atomic E-state index is 13.4. The van der Waals surface area contributed by atoms with Crippen LogP contribution in [0.5, 0.6) is 11.5 Å². The molecule has 12 heteroatoms. The van der Waals surface area contributed by atoms with E-state index in [9.17, 15) is 23.1 Å². The van der Waals surface area contributed by atoms with Gasteiger partial charge in [0.2, 0.25) is 5.91 Å². The Labute approximate surface area is 236 Å². The van der Waals surface area contributed by atoms with Crippen molar-refractivity contribution in [3.63, 3.8) is 0 Å². The Kier molecular flexibility index (Phi) is 10.3. The predicted octanol–water partition coefficient (Wildman–Crippen LogP) is 2.69. The number of nitrogens with one attached hydrogen (secondary N) is 2. The molecule has 0 radical (unpaired) electrons. The van der Waals surface area contributed by atoms with Gasteiger partial charge in [0.15, 0.2) is 0 Å². The van der Waals surface area contributed by atoms with Gasteiger partial charge in [0.05, 0.1) is 37.6 Å². The second-order valence-electron chi connectivity index (χ2n) is 10.5. The quantitative estimate of drug-likeness (QED) is 0.417. The third-order valence-corrected chi connectivity index (χ3v) is 8.15. The summed E-state index contributed by atoms with van der Waals surface area (Å²) in [6.07, 6.45) is -0.538. The molecule has 0 saturated carbocycles. The van der Waals surface area contributed by atoms with Crippen LogP contribution in [0.2, 0.25) is 0 Å². The molecule has 40 heavy (non-hydrogen) atoms. The number of hydrogen-bond donors (Lipinski definition) is 3. The van der Waals surface area contributed by atoms with Gasteiger partial charge in [0, 0.05) is 36.8 Å². The number of likely N-dealkylation sites (N-methyl/N-ethyl adjacent to an activating group) is 1. The first kappa shape index (κ1) is 31.0. The van der Waals surface area contributed by atoms with Crippen molar-refractivity contribution in [3.05, 3.63) is 48.0 Å². The molecule has 3 rings (SSSR count). The number of nitrogens with zero attached hydrogens (tertiary/aromatic N) is 2. The third-order valence-electron chi connectivity index (χ3n) is 6.75. The first-order valence-corrected chi connectivity index (χ1v) is 14.7. The Morgan fingerprint density at radius 1 is 1.20 bits per heavy atom. The summed E-state index contributed by atoms with van der Waals surface area (Å²) >= 11 is 0. The Morgan fingerprint density at radius 3 is 2.48 bits per heavy atom. The van der Waals surface area contributed by atoms with Crippen LogP contribution < -0.4 is 19.5 Å². The first-order valence-electron chi connectivity index (χ1n) is 13.2. The van der Waals surface area contributed by atoms with Crippen LogP contribution in [-0.4, -0.2) is 87.3 Å². The summed E-state index contributed by atoms with van der Waals surface area (Å²) in [5.74, 6) is 0.546. The number of hydrogen-bond acceptors (Lipinski definition) is 7. The second kappa shape index (κ2) is 13.2. The topological polar surface area (TPSA) is 138 Å². The zero-order valence-electron chi connectivity index (χ0n) is 23.9. The van der Waals surface area contributed by atoms with Gasteiger partial charge in [-0.15, -0.1) is 0 Å². The van der Waals surface area contributed by atoms with Crippen molar-refractivity contribution in [3.8, 4) is 11.5 Å². The van der Waals surface area contributed by atoms with Gasteiger partial charge in [-0.1, -0.05) is 6.92 Å². The SMILES string of the molecule is COc1ccc(S(=O)(=O)Nc2ccc3c(c2)CC(=O)N([C@@H](C)CO)C[C@@H](C)[C@@H](CN(C)C(=O)NC(C)C)O3)cc1. The molecule has 1 heterocycles. The van der Waals surface area contributed by atoms with Crippen LogP contribution in [0.25, 0.3) is 0 Å². The average molecular weight is 577 g/mol. The molecule has 0 spiro atoms. The summed E-state index contributed by atoms with van der Waals surface area (Å²) in [6, 6.07) is 10.1. The number of urea groups is 1. The number of carbonyl (C=O) groups excluding carboxylic acids is 2. The molecule has 0 bridgehead atoms. The number of benzene rings is 2. The molecule has 11 nitrogen and oxygen atoms in total. The first-order chi connectivity index (χ1) is 18.8. The van der Waals surface area contributed by atoms with Gasteiger partial charge in [0.1, 0.15) is 17.6 Å². The maximum atomic E-state index is 13.4. The van der Waals surface area contributed by atoms with Crippen molar-refractivity contribution in [2.75, 3.05) is 38.6 Å². The van der Waals surface area contributed by atoms with Crippen molar-refractivity contribution < 1.29 is 32.6 Å². The highest BCUT2D eigenvalue weighted by Gasteiger charge is 2.32. The summed E-state index contributed by atoms with van der Waals surface area (Å²) in [6.45, 7) is 7.81. The number of aliphatic hydroxyl groups excluding tert-OH is 1. The molecule has 3 amide bonds. The lowest BCUT2D eigenvalue weighted by atomic mass is 10.0. The molecule has 3 N–H and O–H groups in total. The Balaban J connectivity index is 1.94. The van der Waals surface area contributed by atoms with E-state index >= 15 is 0 Å². The zero-order valence-corrected chi connectivity index (χ0v) is 24.7. The second-order valence-corrected chi connectivity index (χ2v) is 12.2. The standard InChI is InChI=1S/C28H40N4O7S/c1-18(2)29-28(35)31(5)16-26-19(3)15-32(20(4)17-33)27(34)14-21-13-22(7-12-25(21)39-26)30-40(36,37)24-10-8-23(38-6)9-11-24/h7-13,18-20,26,30,33H,14-17H2,1-6H3,(H,29,35)/t19-,20+,26-/m1/s1. The number of anilines is 1. The molecule has 1 aliphatic rings. The largest absolute Gasteiger partial charge is 0.497 e. The number of amides is 3. The van der Waals surface area contributed by atoms with E-state index < -0.39 is 22.2 Å². The van der Waals surface area contributed by atoms with Crippen molar-refractivity contribution in [1.82, 2.24) is 15.1 Å². The highest BCUT2D eigenvalue weighted by molar-refractivity contribution is 7.92. The summed E-state index contributed by atoms with van der Waals surface area (Å²) in [5, 5.41) is 12.7. The van der Waals surface area contributed by atoms with E-state index in [1.807, 2.05) is 20.8 Å². The minimum absolute atomic E-state index is 0.0341. The van der Waals surface area contributed by atoms with E-state index in [1.165, 1.54) is 24.1 Å². The Morgan fingerprint density at radius 2 is 1.88 bits per heavy atom. The molecular weight excluding hydrogens is 536 g/mol. The fourth-order valence-electron chi connectivity index (χ4n) is 4.39. The highest BCUT2D eigenvalue weighted by atomic mass is 32.2. The van der Waals surface area contributed by atoms with Crippen molar-refractivity contribution >= 4 is 27.6 Å². The minimum atomic E-state index is -3.91. The average Bonchev–Trinajstić information content (AvgIpc) is 2.95. The van der Waals surface area contributed by atoms with Crippen LogP contribution in [-0.2, 0) is 21.2 Å². The van der Waals surface area contributed by atoms with E-state index in [1.54, 1.807) is 49.2 Å². The summed E-state index contributed by atoms with van der Waals surface area (Å²) in [5.41, 5.74) is 0.758. The highest BCUT2D eigenvalue weighted by Crippen LogP contribution is 2.30. The van der Waals surface area contributed by atoms with Crippen molar-refractivity contribution in [2.24, 2.45) is 5.92 Å². The van der Waals surface area contributed by atoms with E-state index in [4.69, 9.17) is 9.47 Å². The van der Waals surface area contributed by atoms with E-state index in [0.29, 0.717) is 23.6 Å². The molecule has 1 aliphatic heterocycles. The summed E-state index contributed by atoms with van der Waals surface area (Å²) in [4.78, 5) is 29.2. The molecule has 220 valence electrons. The van der Waals surface area contributed by atoms with E-state index in [0.717, 1.165) is 0 Å². The summed E-state index contributed by atoms with van der Waals surface area (Å²) in [7, 11) is -0.735. The number of rotatable bonds is 9. The molecule has 2 aromatic rings. The molecule has 3 atom stereocenters. The number of sulfonamides is 1. The molecule has 0 aliphatic carbocycles. The van der Waals surface area contributed by atoms with Gasteiger partial charge in [-0.3, -0.25) is 9.52 Å². The lowest BCUT2D eigenvalue weighted by Gasteiger charge is -2.34. The normalized spacial score (nSPS) is 18.5. The van der Waals surface area contributed by atoms with E-state index in [2.05, 4.69) is 10.0 Å². The van der Waals surface area contributed by atoms with Gasteiger partial charge >= 0.3 is 6.03 Å². The summed E-state index contributed by atoms with van der Waals surface area (Å²) < 4.78 is 40.1. The third kappa shape index (κ3) is 7.79. The number of carbonyl (C=O) groups is 2.